The Kier molecular flexibility index (Phi) is 4.18. The van der Waals surface area contributed by atoms with E-state index in [1.165, 1.54) is 0 Å². The van der Waals surface area contributed by atoms with Crippen molar-refractivity contribution in [1.82, 2.24) is 24.3 Å². The fraction of sp³-hybridized carbons (Fsp3) is 0.250. The van der Waals surface area contributed by atoms with E-state index >= 15 is 0 Å². The maximum atomic E-state index is 12.2. The summed E-state index contributed by atoms with van der Waals surface area (Å²) in [7, 11) is 1.86. The predicted octanol–water partition coefficient (Wildman–Crippen LogP) is 1.88. The van der Waals surface area contributed by atoms with Crippen LogP contribution in [0.2, 0.25) is 0 Å². The van der Waals surface area contributed by atoms with Gasteiger partial charge in [0.1, 0.15) is 5.82 Å². The third kappa shape index (κ3) is 3.45. The molecule has 118 valence electrons. The van der Waals surface area contributed by atoms with Crippen LogP contribution in [0.3, 0.4) is 0 Å². The smallest absolute Gasteiger partial charge is 0.224 e. The van der Waals surface area contributed by atoms with E-state index in [1.807, 2.05) is 37.0 Å². The number of nitrogens with one attached hydrogen (secondary N) is 1. The van der Waals surface area contributed by atoms with Crippen molar-refractivity contribution in [3.8, 4) is 5.82 Å². The van der Waals surface area contributed by atoms with Crippen LogP contribution in [-0.4, -0.2) is 30.2 Å². The van der Waals surface area contributed by atoms with Crippen LogP contribution < -0.4 is 5.32 Å². The first kappa shape index (κ1) is 15.0. The summed E-state index contributed by atoms with van der Waals surface area (Å²) in [5.41, 5.74) is 1.71. The van der Waals surface area contributed by atoms with Crippen LogP contribution in [0.15, 0.2) is 43.1 Å². The summed E-state index contributed by atoms with van der Waals surface area (Å²) in [5.74, 6) is 1.42. The minimum Gasteiger partial charge on any atom is -0.323 e. The quantitative estimate of drug-likeness (QED) is 0.780. The Hall–Kier alpha value is -2.96. The number of aromatic nitrogens is 5. The summed E-state index contributed by atoms with van der Waals surface area (Å²) in [6, 6.07) is 3.64. The number of aryl methyl sites for hydroxylation is 3. The van der Waals surface area contributed by atoms with Gasteiger partial charge in [0.2, 0.25) is 5.91 Å². The molecular formula is C16H18N6O. The molecule has 0 aliphatic carbocycles. The van der Waals surface area contributed by atoms with Crippen molar-refractivity contribution in [2.75, 3.05) is 5.32 Å². The van der Waals surface area contributed by atoms with Gasteiger partial charge < -0.3 is 5.32 Å². The second-order valence-corrected chi connectivity index (χ2v) is 5.29. The summed E-state index contributed by atoms with van der Waals surface area (Å²) in [6.45, 7) is 1.89. The summed E-state index contributed by atoms with van der Waals surface area (Å²) in [6.07, 6.45) is 9.96. The van der Waals surface area contributed by atoms with E-state index in [1.54, 1.807) is 29.3 Å². The lowest BCUT2D eigenvalue weighted by Gasteiger charge is -2.11. The number of hydrogen-bond donors (Lipinski definition) is 1. The predicted molar refractivity (Wildman–Crippen MR) is 86.3 cm³/mol. The molecule has 3 heterocycles. The number of amides is 1. The molecule has 0 aliphatic heterocycles. The topological polar surface area (TPSA) is 77.6 Å². The van der Waals surface area contributed by atoms with Crippen molar-refractivity contribution < 1.29 is 4.79 Å². The molecule has 7 heteroatoms. The Morgan fingerprint density at radius 1 is 1.30 bits per heavy atom. The highest BCUT2D eigenvalue weighted by Crippen LogP contribution is 2.18. The molecule has 3 rings (SSSR count). The zero-order chi connectivity index (χ0) is 16.2. The standard InChI is InChI=1S/C16H18N6O/c1-12-17-8-9-22(12)16-14(4-3-7-18-16)20-15(23)6-5-13-10-19-21(2)11-13/h3-4,7-11H,5-6H2,1-2H3,(H,20,23). The van der Waals surface area contributed by atoms with Gasteiger partial charge in [-0.15, -0.1) is 0 Å². The second kappa shape index (κ2) is 6.43. The molecule has 7 nitrogen and oxygen atoms in total. The molecule has 0 fully saturated rings. The molecule has 0 saturated carbocycles. The third-order valence-electron chi connectivity index (χ3n) is 3.51. The van der Waals surface area contributed by atoms with E-state index in [4.69, 9.17) is 0 Å². The van der Waals surface area contributed by atoms with E-state index in [0.717, 1.165) is 11.4 Å². The Morgan fingerprint density at radius 3 is 2.87 bits per heavy atom. The summed E-state index contributed by atoms with van der Waals surface area (Å²) < 4.78 is 3.57. The fourth-order valence-electron chi connectivity index (χ4n) is 2.36. The highest BCUT2D eigenvalue weighted by atomic mass is 16.1. The molecule has 0 aliphatic rings. The average molecular weight is 310 g/mol. The average Bonchev–Trinajstić information content (AvgIpc) is 3.14. The first-order valence-electron chi connectivity index (χ1n) is 7.36. The Labute approximate surface area is 134 Å². The number of pyridine rings is 1. The number of rotatable bonds is 5. The highest BCUT2D eigenvalue weighted by molar-refractivity contribution is 5.92. The summed E-state index contributed by atoms with van der Waals surface area (Å²) >= 11 is 0. The molecule has 23 heavy (non-hydrogen) atoms. The van der Waals surface area contributed by atoms with Crippen LogP contribution in [0, 0.1) is 6.92 Å². The first-order valence-corrected chi connectivity index (χ1v) is 7.36. The Morgan fingerprint density at radius 2 is 2.17 bits per heavy atom. The molecular weight excluding hydrogens is 292 g/mol. The van der Waals surface area contributed by atoms with Gasteiger partial charge in [-0.25, -0.2) is 9.97 Å². The van der Waals surface area contributed by atoms with Crippen LogP contribution in [0.25, 0.3) is 5.82 Å². The monoisotopic (exact) mass is 310 g/mol. The van der Waals surface area contributed by atoms with Gasteiger partial charge >= 0.3 is 0 Å². The van der Waals surface area contributed by atoms with E-state index in [2.05, 4.69) is 20.4 Å². The van der Waals surface area contributed by atoms with Crippen LogP contribution in [0.1, 0.15) is 17.8 Å². The Bertz CT molecular complexity index is 819. The molecule has 0 atom stereocenters. The van der Waals surface area contributed by atoms with Crippen molar-refractivity contribution in [3.63, 3.8) is 0 Å². The number of hydrogen-bond acceptors (Lipinski definition) is 4. The lowest BCUT2D eigenvalue weighted by Crippen LogP contribution is -2.15. The molecule has 0 unspecified atom stereocenters. The van der Waals surface area contributed by atoms with Crippen LogP contribution in [0.5, 0.6) is 0 Å². The molecule has 1 amide bonds. The molecule has 0 aromatic carbocycles. The van der Waals surface area contributed by atoms with E-state index in [-0.39, 0.29) is 5.91 Å². The van der Waals surface area contributed by atoms with Gasteiger partial charge in [0.25, 0.3) is 0 Å². The van der Waals surface area contributed by atoms with Crippen molar-refractivity contribution in [2.45, 2.75) is 19.8 Å². The lowest BCUT2D eigenvalue weighted by atomic mass is 10.2. The molecule has 1 N–H and O–H groups in total. The number of nitrogens with zero attached hydrogens (tertiary/aromatic N) is 5. The van der Waals surface area contributed by atoms with Crippen LogP contribution in [0.4, 0.5) is 5.69 Å². The van der Waals surface area contributed by atoms with E-state index in [0.29, 0.717) is 24.3 Å². The van der Waals surface area contributed by atoms with Gasteiger partial charge in [-0.1, -0.05) is 0 Å². The molecule has 0 spiro atoms. The van der Waals surface area contributed by atoms with Crippen molar-refractivity contribution >= 4 is 11.6 Å². The highest BCUT2D eigenvalue weighted by Gasteiger charge is 2.11. The summed E-state index contributed by atoms with van der Waals surface area (Å²) in [4.78, 5) is 20.8. The van der Waals surface area contributed by atoms with E-state index < -0.39 is 0 Å². The van der Waals surface area contributed by atoms with Crippen molar-refractivity contribution in [2.24, 2.45) is 7.05 Å². The molecule has 0 bridgehead atoms. The zero-order valence-corrected chi connectivity index (χ0v) is 13.1. The number of imidazole rings is 1. The molecule has 3 aromatic heterocycles. The maximum absolute atomic E-state index is 12.2. The Balaban J connectivity index is 1.70. The van der Waals surface area contributed by atoms with Gasteiger partial charge in [-0.2, -0.15) is 5.10 Å². The van der Waals surface area contributed by atoms with Gasteiger partial charge in [0, 0.05) is 38.3 Å². The maximum Gasteiger partial charge on any atom is 0.224 e. The number of carbonyl (C=O) groups excluding carboxylic acids is 1. The first-order chi connectivity index (χ1) is 11.1. The fourth-order valence-corrected chi connectivity index (χ4v) is 2.36. The van der Waals surface area contributed by atoms with Gasteiger partial charge in [0.15, 0.2) is 5.82 Å². The van der Waals surface area contributed by atoms with Crippen LogP contribution in [-0.2, 0) is 18.3 Å². The van der Waals surface area contributed by atoms with Gasteiger partial charge in [-0.3, -0.25) is 14.0 Å². The SMILES string of the molecule is Cc1nccn1-c1ncccc1NC(=O)CCc1cnn(C)c1. The second-order valence-electron chi connectivity index (χ2n) is 5.29. The van der Waals surface area contributed by atoms with Crippen molar-refractivity contribution in [1.29, 1.82) is 0 Å². The number of carbonyl (C=O) groups is 1. The normalized spacial score (nSPS) is 10.7. The van der Waals surface area contributed by atoms with Crippen LogP contribution >= 0.6 is 0 Å². The largest absolute Gasteiger partial charge is 0.323 e. The third-order valence-corrected chi connectivity index (χ3v) is 3.51. The van der Waals surface area contributed by atoms with Crippen molar-refractivity contribution in [3.05, 3.63) is 54.5 Å². The minimum atomic E-state index is -0.0547. The van der Waals surface area contributed by atoms with E-state index in [9.17, 15) is 4.79 Å². The minimum absolute atomic E-state index is 0.0547. The molecule has 3 aromatic rings. The molecule has 0 saturated heterocycles. The van der Waals surface area contributed by atoms with Gasteiger partial charge in [0.05, 0.1) is 11.9 Å². The lowest BCUT2D eigenvalue weighted by molar-refractivity contribution is -0.116. The number of anilines is 1. The summed E-state index contributed by atoms with van der Waals surface area (Å²) in [5, 5.41) is 7.03. The van der Waals surface area contributed by atoms with Gasteiger partial charge in [-0.05, 0) is 31.0 Å². The zero-order valence-electron chi connectivity index (χ0n) is 13.1. The molecule has 0 radical (unpaired) electrons.